The first-order valence-electron chi connectivity index (χ1n) is 12.1. The van der Waals surface area contributed by atoms with Crippen LogP contribution < -0.4 is 0 Å². The molecule has 0 saturated carbocycles. The lowest BCUT2D eigenvalue weighted by atomic mass is 9.80. The van der Waals surface area contributed by atoms with Gasteiger partial charge in [0.2, 0.25) is 0 Å². The largest absolute Gasteiger partial charge is 0.396 e. The van der Waals surface area contributed by atoms with Gasteiger partial charge in [0.25, 0.3) is 0 Å². The lowest BCUT2D eigenvalue weighted by Gasteiger charge is -2.31. The number of hydrogen-bond donors (Lipinski definition) is 2. The van der Waals surface area contributed by atoms with E-state index in [1.807, 2.05) is 14.1 Å². The lowest BCUT2D eigenvalue weighted by Crippen LogP contribution is -2.33. The molecule has 2 N–H and O–H groups in total. The van der Waals surface area contributed by atoms with E-state index in [-0.39, 0.29) is 18.6 Å². The van der Waals surface area contributed by atoms with Gasteiger partial charge in [-0.15, -0.1) is 0 Å². The fourth-order valence-electron chi connectivity index (χ4n) is 3.70. The van der Waals surface area contributed by atoms with Crippen LogP contribution >= 0.6 is 0 Å². The molecule has 0 aliphatic rings. The third-order valence-corrected chi connectivity index (χ3v) is 5.98. The second-order valence-corrected chi connectivity index (χ2v) is 9.06. The van der Waals surface area contributed by atoms with Crippen molar-refractivity contribution in [1.29, 1.82) is 0 Å². The van der Waals surface area contributed by atoms with Gasteiger partial charge in [0.15, 0.2) is 0 Å². The predicted molar refractivity (Wildman–Crippen MR) is 124 cm³/mol. The van der Waals surface area contributed by atoms with Crippen molar-refractivity contribution < 1.29 is 10.2 Å². The van der Waals surface area contributed by atoms with Gasteiger partial charge in [-0.05, 0) is 59.2 Å². The minimum Gasteiger partial charge on any atom is -0.396 e. The minimum atomic E-state index is -0.287. The summed E-state index contributed by atoms with van der Waals surface area (Å²) in [5.74, 6) is 0. The standard InChI is InChI=1S/C25H51NO2/c1-4-5-6-7-8-9-10-11-12-13-14-15-16-17-18-19-20-25(23-27,24-28)21-22-26(2)3/h11-12,27-28H,4-10,13-24H2,1-3H3. The number of aliphatic hydroxyl groups excluding tert-OH is 2. The van der Waals surface area contributed by atoms with Crippen LogP contribution in [0.5, 0.6) is 0 Å². The summed E-state index contributed by atoms with van der Waals surface area (Å²) in [5, 5.41) is 19.5. The number of rotatable bonds is 21. The summed E-state index contributed by atoms with van der Waals surface area (Å²) in [5.41, 5.74) is -0.287. The Morgan fingerprint density at radius 3 is 1.57 bits per heavy atom. The van der Waals surface area contributed by atoms with Gasteiger partial charge in [0.05, 0.1) is 13.2 Å². The van der Waals surface area contributed by atoms with Crippen molar-refractivity contribution in [3.63, 3.8) is 0 Å². The molecule has 0 aromatic carbocycles. The van der Waals surface area contributed by atoms with Crippen LogP contribution in [0.1, 0.15) is 110 Å². The molecule has 0 saturated heterocycles. The maximum absolute atomic E-state index is 9.73. The van der Waals surface area contributed by atoms with E-state index in [2.05, 4.69) is 24.0 Å². The molecule has 168 valence electrons. The Hall–Kier alpha value is -0.380. The van der Waals surface area contributed by atoms with Crippen LogP contribution in [0.3, 0.4) is 0 Å². The Labute approximate surface area is 176 Å². The molecule has 28 heavy (non-hydrogen) atoms. The van der Waals surface area contributed by atoms with Crippen LogP contribution in [0.2, 0.25) is 0 Å². The Balaban J connectivity index is 3.52. The summed E-state index contributed by atoms with van der Waals surface area (Å²) in [4.78, 5) is 2.13. The molecule has 0 aliphatic heterocycles. The smallest absolute Gasteiger partial charge is 0.0509 e. The molecule has 0 atom stereocenters. The summed E-state index contributed by atoms with van der Waals surface area (Å²) in [6, 6.07) is 0. The van der Waals surface area contributed by atoms with Gasteiger partial charge in [0, 0.05) is 5.41 Å². The molecule has 3 heteroatoms. The second kappa shape index (κ2) is 19.9. The quantitative estimate of drug-likeness (QED) is 0.175. The van der Waals surface area contributed by atoms with E-state index < -0.39 is 0 Å². The van der Waals surface area contributed by atoms with Crippen molar-refractivity contribution in [2.45, 2.75) is 110 Å². The van der Waals surface area contributed by atoms with E-state index in [0.717, 1.165) is 25.8 Å². The molecule has 0 aromatic rings. The van der Waals surface area contributed by atoms with Crippen molar-refractivity contribution in [2.24, 2.45) is 5.41 Å². The van der Waals surface area contributed by atoms with Crippen LogP contribution in [0, 0.1) is 5.41 Å². The molecule has 0 rings (SSSR count). The van der Waals surface area contributed by atoms with E-state index in [1.54, 1.807) is 0 Å². The van der Waals surface area contributed by atoms with Crippen molar-refractivity contribution in [3.05, 3.63) is 12.2 Å². The average Bonchev–Trinajstić information content (AvgIpc) is 2.70. The highest BCUT2D eigenvalue weighted by Gasteiger charge is 2.27. The van der Waals surface area contributed by atoms with Gasteiger partial charge >= 0.3 is 0 Å². The molecule has 0 radical (unpaired) electrons. The highest BCUT2D eigenvalue weighted by atomic mass is 16.3. The van der Waals surface area contributed by atoms with E-state index in [9.17, 15) is 10.2 Å². The SMILES string of the molecule is CCCCCCCCC=CCCCCCCCCC(CO)(CO)CCN(C)C. The van der Waals surface area contributed by atoms with Crippen LogP contribution in [-0.2, 0) is 0 Å². The Bertz CT molecular complexity index is 337. The predicted octanol–water partition coefficient (Wildman–Crippen LogP) is 6.34. The maximum atomic E-state index is 9.73. The number of hydrogen-bond acceptors (Lipinski definition) is 3. The van der Waals surface area contributed by atoms with E-state index in [4.69, 9.17) is 0 Å². The van der Waals surface area contributed by atoms with Gasteiger partial charge in [-0.1, -0.05) is 83.3 Å². The third kappa shape index (κ3) is 16.6. The van der Waals surface area contributed by atoms with Gasteiger partial charge in [0.1, 0.15) is 0 Å². The van der Waals surface area contributed by atoms with Gasteiger partial charge < -0.3 is 15.1 Å². The first kappa shape index (κ1) is 27.6. The fraction of sp³-hybridized carbons (Fsp3) is 0.920. The number of unbranched alkanes of at least 4 members (excludes halogenated alkanes) is 12. The van der Waals surface area contributed by atoms with Gasteiger partial charge in [-0.2, -0.15) is 0 Å². The van der Waals surface area contributed by atoms with Crippen molar-refractivity contribution in [3.8, 4) is 0 Å². The molecule has 0 amide bonds. The zero-order valence-electron chi connectivity index (χ0n) is 19.4. The summed E-state index contributed by atoms with van der Waals surface area (Å²) in [7, 11) is 4.09. The molecule has 0 aromatic heterocycles. The third-order valence-electron chi connectivity index (χ3n) is 5.98. The molecule has 0 aliphatic carbocycles. The molecule has 0 bridgehead atoms. The topological polar surface area (TPSA) is 43.7 Å². The zero-order valence-corrected chi connectivity index (χ0v) is 19.4. The first-order chi connectivity index (χ1) is 13.6. The van der Waals surface area contributed by atoms with Gasteiger partial charge in [-0.3, -0.25) is 0 Å². The Kier molecular flexibility index (Phi) is 19.6. The molecular weight excluding hydrogens is 346 g/mol. The molecule has 3 nitrogen and oxygen atoms in total. The van der Waals surface area contributed by atoms with E-state index >= 15 is 0 Å². The van der Waals surface area contributed by atoms with Crippen molar-refractivity contribution in [1.82, 2.24) is 4.90 Å². The number of nitrogens with zero attached hydrogens (tertiary/aromatic N) is 1. The zero-order chi connectivity index (χ0) is 20.9. The second-order valence-electron chi connectivity index (χ2n) is 9.06. The first-order valence-corrected chi connectivity index (χ1v) is 12.1. The van der Waals surface area contributed by atoms with Crippen LogP contribution in [0.15, 0.2) is 12.2 Å². The van der Waals surface area contributed by atoms with Crippen LogP contribution in [-0.4, -0.2) is 49.0 Å². The van der Waals surface area contributed by atoms with E-state index in [0.29, 0.717) is 0 Å². The normalized spacial score (nSPS) is 12.5. The maximum Gasteiger partial charge on any atom is 0.0509 e. The molecule has 0 spiro atoms. The van der Waals surface area contributed by atoms with Crippen LogP contribution in [0.4, 0.5) is 0 Å². The molecule has 0 fully saturated rings. The van der Waals surface area contributed by atoms with E-state index in [1.165, 1.54) is 83.5 Å². The molecule has 0 heterocycles. The Morgan fingerprint density at radius 1 is 0.643 bits per heavy atom. The highest BCUT2D eigenvalue weighted by Crippen LogP contribution is 2.28. The summed E-state index contributed by atoms with van der Waals surface area (Å²) in [6.07, 6.45) is 25.0. The fourth-order valence-corrected chi connectivity index (χ4v) is 3.70. The monoisotopic (exact) mass is 397 g/mol. The molecule has 0 unspecified atom stereocenters. The summed E-state index contributed by atoms with van der Waals surface area (Å²) < 4.78 is 0. The Morgan fingerprint density at radius 2 is 1.11 bits per heavy atom. The number of aliphatic hydroxyl groups is 2. The van der Waals surface area contributed by atoms with Crippen molar-refractivity contribution >= 4 is 0 Å². The summed E-state index contributed by atoms with van der Waals surface area (Å²) >= 11 is 0. The lowest BCUT2D eigenvalue weighted by molar-refractivity contribution is 0.0322. The minimum absolute atomic E-state index is 0.0996. The molecular formula is C25H51NO2. The number of allylic oxidation sites excluding steroid dienone is 2. The highest BCUT2D eigenvalue weighted by molar-refractivity contribution is 4.81. The van der Waals surface area contributed by atoms with Gasteiger partial charge in [-0.25, -0.2) is 0 Å². The van der Waals surface area contributed by atoms with Crippen LogP contribution in [0.25, 0.3) is 0 Å². The van der Waals surface area contributed by atoms with Crippen molar-refractivity contribution in [2.75, 3.05) is 33.9 Å². The average molecular weight is 398 g/mol. The summed E-state index contributed by atoms with van der Waals surface area (Å²) in [6.45, 7) is 3.40.